The van der Waals surface area contributed by atoms with E-state index in [1.807, 2.05) is 17.6 Å². The third-order valence-electron chi connectivity index (χ3n) is 6.43. The lowest BCUT2D eigenvalue weighted by atomic mass is 9.96. The molecule has 3 heterocycles. The Morgan fingerprint density at radius 2 is 2.03 bits per heavy atom. The lowest BCUT2D eigenvalue weighted by Gasteiger charge is -2.33. The fourth-order valence-corrected chi connectivity index (χ4v) is 4.53. The average Bonchev–Trinajstić information content (AvgIpc) is 3.15. The molecule has 1 aliphatic rings. The molecule has 0 radical (unpaired) electrons. The second kappa shape index (κ2) is 9.68. The summed E-state index contributed by atoms with van der Waals surface area (Å²) in [6.07, 6.45) is 2.49. The van der Waals surface area contributed by atoms with Gasteiger partial charge >= 0.3 is 6.09 Å². The first kappa shape index (κ1) is 23.5. The summed E-state index contributed by atoms with van der Waals surface area (Å²) in [5.74, 6) is 0.468. The maximum atomic E-state index is 12.8. The van der Waals surface area contributed by atoms with Crippen LogP contribution in [-0.2, 0) is 30.7 Å². The first-order valence-electron chi connectivity index (χ1n) is 11.3. The number of rotatable bonds is 7. The number of likely N-dealkylation sites (N-methyl/N-ethyl adjacent to an activating group) is 1. The van der Waals surface area contributed by atoms with Crippen LogP contribution in [0.1, 0.15) is 24.7 Å². The van der Waals surface area contributed by atoms with Gasteiger partial charge in [-0.2, -0.15) is 0 Å². The Morgan fingerprint density at radius 1 is 1.24 bits per heavy atom. The SMILES string of the molecule is C[C@H]1CCc2c(ccc3c2nc(CCn2ccccc2=O)n3CC(=O)N(C)CCO)N1C(=O)O. The largest absolute Gasteiger partial charge is 0.465 e. The van der Waals surface area contributed by atoms with Crippen LogP contribution in [0.3, 0.4) is 0 Å². The molecule has 0 bridgehead atoms. The number of imidazole rings is 1. The number of anilines is 1. The lowest BCUT2D eigenvalue weighted by Crippen LogP contribution is -2.41. The standard InChI is InChI=1S/C24H29N5O5/c1-16-6-7-17-18(29(16)24(33)34)8-9-19-23(17)25-20(10-12-27-11-4-3-5-21(27)31)28(19)15-22(32)26(2)13-14-30/h3-5,8-9,11,16,30H,6-7,10,12-15H2,1-2H3,(H,33,34)/t16-/m0/s1. The molecule has 10 heteroatoms. The fraction of sp³-hybridized carbons (Fsp3) is 0.417. The molecule has 2 amide bonds. The number of benzene rings is 1. The van der Waals surface area contributed by atoms with Crippen LogP contribution in [0.4, 0.5) is 10.5 Å². The van der Waals surface area contributed by atoms with Gasteiger partial charge < -0.3 is 24.2 Å². The highest BCUT2D eigenvalue weighted by Gasteiger charge is 2.31. The van der Waals surface area contributed by atoms with Gasteiger partial charge in [-0.3, -0.25) is 14.5 Å². The summed E-state index contributed by atoms with van der Waals surface area (Å²) in [5.41, 5.74) is 2.79. The molecule has 0 aliphatic carbocycles. The Labute approximate surface area is 196 Å². The molecule has 2 aromatic heterocycles. The lowest BCUT2D eigenvalue weighted by molar-refractivity contribution is -0.130. The third-order valence-corrected chi connectivity index (χ3v) is 6.43. The highest BCUT2D eigenvalue weighted by atomic mass is 16.4. The molecule has 1 aromatic carbocycles. The molecule has 0 unspecified atom stereocenters. The Bertz CT molecular complexity index is 1280. The molecule has 1 aliphatic heterocycles. The maximum Gasteiger partial charge on any atom is 0.412 e. The van der Waals surface area contributed by atoms with Crippen molar-refractivity contribution in [2.24, 2.45) is 0 Å². The van der Waals surface area contributed by atoms with Crippen molar-refractivity contribution < 1.29 is 19.8 Å². The molecule has 1 atom stereocenters. The smallest absolute Gasteiger partial charge is 0.412 e. The Kier molecular flexibility index (Phi) is 6.69. The number of amides is 2. The van der Waals surface area contributed by atoms with Crippen molar-refractivity contribution in [2.45, 2.75) is 45.3 Å². The van der Waals surface area contributed by atoms with Crippen LogP contribution in [0.5, 0.6) is 0 Å². The number of carbonyl (C=O) groups is 2. The second-order valence-electron chi connectivity index (χ2n) is 8.61. The highest BCUT2D eigenvalue weighted by Crippen LogP contribution is 2.36. The number of aliphatic hydroxyl groups is 1. The predicted molar refractivity (Wildman–Crippen MR) is 127 cm³/mol. The predicted octanol–water partition coefficient (Wildman–Crippen LogP) is 1.71. The molecule has 0 saturated heterocycles. The first-order chi connectivity index (χ1) is 16.3. The maximum absolute atomic E-state index is 12.8. The van der Waals surface area contributed by atoms with Crippen molar-refractivity contribution >= 4 is 28.7 Å². The van der Waals surface area contributed by atoms with Gasteiger partial charge in [0.15, 0.2) is 0 Å². The van der Waals surface area contributed by atoms with E-state index in [9.17, 15) is 24.6 Å². The van der Waals surface area contributed by atoms with E-state index in [1.54, 1.807) is 36.0 Å². The van der Waals surface area contributed by atoms with Crippen molar-refractivity contribution in [1.82, 2.24) is 19.0 Å². The van der Waals surface area contributed by atoms with Crippen LogP contribution in [-0.4, -0.2) is 67.5 Å². The van der Waals surface area contributed by atoms with E-state index < -0.39 is 6.09 Å². The van der Waals surface area contributed by atoms with E-state index in [2.05, 4.69) is 0 Å². The number of pyridine rings is 1. The number of carboxylic acid groups (broad SMARTS) is 1. The van der Waals surface area contributed by atoms with Crippen molar-refractivity contribution in [1.29, 1.82) is 0 Å². The van der Waals surface area contributed by atoms with E-state index >= 15 is 0 Å². The minimum Gasteiger partial charge on any atom is -0.465 e. The number of aliphatic hydroxyl groups excluding tert-OH is 1. The number of fused-ring (bicyclic) bond motifs is 3. The van der Waals surface area contributed by atoms with Crippen LogP contribution >= 0.6 is 0 Å². The molecule has 0 spiro atoms. The summed E-state index contributed by atoms with van der Waals surface area (Å²) in [7, 11) is 1.63. The minimum atomic E-state index is -1.00. The van der Waals surface area contributed by atoms with Crippen LogP contribution in [0, 0.1) is 0 Å². The van der Waals surface area contributed by atoms with Crippen LogP contribution in [0.2, 0.25) is 0 Å². The van der Waals surface area contributed by atoms with Crippen molar-refractivity contribution in [3.63, 3.8) is 0 Å². The monoisotopic (exact) mass is 467 g/mol. The van der Waals surface area contributed by atoms with Gasteiger partial charge in [-0.05, 0) is 38.0 Å². The number of nitrogens with zero attached hydrogens (tertiary/aromatic N) is 5. The summed E-state index contributed by atoms with van der Waals surface area (Å²) in [5, 5.41) is 19.0. The first-order valence-corrected chi connectivity index (χ1v) is 11.3. The van der Waals surface area contributed by atoms with E-state index in [0.717, 1.165) is 11.1 Å². The molecule has 0 saturated carbocycles. The van der Waals surface area contributed by atoms with Gasteiger partial charge in [0.1, 0.15) is 12.4 Å². The quantitative estimate of drug-likeness (QED) is 0.546. The average molecular weight is 468 g/mol. The normalized spacial score (nSPS) is 15.4. The summed E-state index contributed by atoms with van der Waals surface area (Å²) < 4.78 is 3.43. The Hall–Kier alpha value is -3.66. The molecule has 10 nitrogen and oxygen atoms in total. The Morgan fingerprint density at radius 3 is 2.74 bits per heavy atom. The fourth-order valence-electron chi connectivity index (χ4n) is 4.53. The van der Waals surface area contributed by atoms with Gasteiger partial charge in [-0.25, -0.2) is 9.78 Å². The number of aryl methyl sites for hydroxylation is 3. The van der Waals surface area contributed by atoms with Crippen molar-refractivity contribution in [3.8, 4) is 0 Å². The molecule has 34 heavy (non-hydrogen) atoms. The summed E-state index contributed by atoms with van der Waals surface area (Å²) >= 11 is 0. The van der Waals surface area contributed by atoms with Gasteiger partial charge in [0.05, 0.1) is 23.3 Å². The number of hydrogen-bond donors (Lipinski definition) is 2. The minimum absolute atomic E-state index is 0.0316. The van der Waals surface area contributed by atoms with Crippen molar-refractivity contribution in [3.05, 3.63) is 58.3 Å². The number of hydrogen-bond acceptors (Lipinski definition) is 5. The van der Waals surface area contributed by atoms with E-state index in [4.69, 9.17) is 4.98 Å². The zero-order valence-corrected chi connectivity index (χ0v) is 19.3. The summed E-state index contributed by atoms with van der Waals surface area (Å²) in [6, 6.07) is 8.43. The number of carbonyl (C=O) groups excluding carboxylic acids is 1. The molecule has 0 fully saturated rings. The van der Waals surface area contributed by atoms with Gasteiger partial charge in [-0.15, -0.1) is 0 Å². The second-order valence-corrected chi connectivity index (χ2v) is 8.61. The van der Waals surface area contributed by atoms with Crippen LogP contribution in [0.15, 0.2) is 41.3 Å². The Balaban J connectivity index is 1.78. The summed E-state index contributed by atoms with van der Waals surface area (Å²) in [4.78, 5) is 44.6. The molecular weight excluding hydrogens is 438 g/mol. The topological polar surface area (TPSA) is 121 Å². The van der Waals surface area contributed by atoms with Gasteiger partial charge in [0.25, 0.3) is 5.56 Å². The van der Waals surface area contributed by atoms with Crippen LogP contribution < -0.4 is 10.5 Å². The van der Waals surface area contributed by atoms with Crippen LogP contribution in [0.25, 0.3) is 11.0 Å². The van der Waals surface area contributed by atoms with E-state index in [1.165, 1.54) is 15.9 Å². The summed E-state index contributed by atoms with van der Waals surface area (Å²) in [6.45, 7) is 2.40. The van der Waals surface area contributed by atoms with E-state index in [-0.39, 0.29) is 37.2 Å². The highest BCUT2D eigenvalue weighted by molar-refractivity contribution is 5.95. The number of aromatic nitrogens is 3. The van der Waals surface area contributed by atoms with Crippen molar-refractivity contribution in [2.75, 3.05) is 25.1 Å². The molecule has 2 N–H and O–H groups in total. The zero-order valence-electron chi connectivity index (χ0n) is 19.3. The van der Waals surface area contributed by atoms with Gasteiger partial charge in [-0.1, -0.05) is 6.07 Å². The zero-order chi connectivity index (χ0) is 24.4. The molecule has 4 rings (SSSR count). The van der Waals surface area contributed by atoms with Gasteiger partial charge in [0, 0.05) is 50.4 Å². The third kappa shape index (κ3) is 4.41. The molecule has 180 valence electrons. The molecular formula is C24H29N5O5. The van der Waals surface area contributed by atoms with E-state index in [0.29, 0.717) is 42.8 Å². The van der Waals surface area contributed by atoms with Gasteiger partial charge in [0.2, 0.25) is 5.91 Å². The molecule has 3 aromatic rings.